The maximum Gasteiger partial charge on any atom is 0.327 e. The molecule has 2 aromatic rings. The predicted octanol–water partition coefficient (Wildman–Crippen LogP) is 2.17. The standard InChI is InChI=1S/C23H27N5O3/c1-2-16-7-5-9-17(13-16)26-20(29)15-27-19-10-6-12-25-21(19)22(30)28(23(27)31)14-18-8-3-4-11-24-18/h3-5,7-9,11,13,19,21,25H,2,6,10,12,14-15H2,1H3,(H,26,29). The Morgan fingerprint density at radius 2 is 2.10 bits per heavy atom. The molecular weight excluding hydrogens is 394 g/mol. The lowest BCUT2D eigenvalue weighted by molar-refractivity contribution is -0.138. The molecule has 1 aromatic heterocycles. The first kappa shape index (κ1) is 21.0. The van der Waals surface area contributed by atoms with E-state index in [0.717, 1.165) is 18.4 Å². The van der Waals surface area contributed by atoms with Gasteiger partial charge in [0, 0.05) is 11.9 Å². The van der Waals surface area contributed by atoms with Crippen LogP contribution in [-0.2, 0) is 22.6 Å². The van der Waals surface area contributed by atoms with Crippen LogP contribution in [0.25, 0.3) is 0 Å². The highest BCUT2D eigenvalue weighted by Gasteiger charge is 2.47. The first-order valence-electron chi connectivity index (χ1n) is 10.7. The van der Waals surface area contributed by atoms with Crippen LogP contribution in [0.3, 0.4) is 0 Å². The zero-order chi connectivity index (χ0) is 21.8. The molecule has 3 heterocycles. The fourth-order valence-corrected chi connectivity index (χ4v) is 4.23. The number of imide groups is 1. The zero-order valence-electron chi connectivity index (χ0n) is 17.6. The summed E-state index contributed by atoms with van der Waals surface area (Å²) in [4.78, 5) is 46.1. The normalized spacial score (nSPS) is 21.1. The third-order valence-electron chi connectivity index (χ3n) is 5.81. The molecule has 2 aliphatic rings. The Hall–Kier alpha value is -3.26. The van der Waals surface area contributed by atoms with E-state index in [1.807, 2.05) is 30.3 Å². The van der Waals surface area contributed by atoms with Crippen LogP contribution in [0.5, 0.6) is 0 Å². The van der Waals surface area contributed by atoms with Crippen molar-refractivity contribution in [3.8, 4) is 0 Å². The molecule has 8 nitrogen and oxygen atoms in total. The minimum Gasteiger partial charge on any atom is -0.325 e. The second kappa shape index (κ2) is 9.26. The van der Waals surface area contributed by atoms with Crippen molar-refractivity contribution in [2.24, 2.45) is 0 Å². The second-order valence-electron chi connectivity index (χ2n) is 7.90. The minimum atomic E-state index is -0.508. The molecule has 2 aliphatic heterocycles. The van der Waals surface area contributed by atoms with E-state index in [0.29, 0.717) is 24.3 Å². The van der Waals surface area contributed by atoms with Gasteiger partial charge in [0.1, 0.15) is 12.6 Å². The van der Waals surface area contributed by atoms with E-state index in [1.165, 1.54) is 9.80 Å². The van der Waals surface area contributed by atoms with Gasteiger partial charge in [-0.3, -0.25) is 19.5 Å². The summed E-state index contributed by atoms with van der Waals surface area (Å²) in [6.45, 7) is 2.74. The van der Waals surface area contributed by atoms with Crippen LogP contribution in [0.2, 0.25) is 0 Å². The van der Waals surface area contributed by atoms with Crippen molar-refractivity contribution in [3.63, 3.8) is 0 Å². The molecule has 0 aliphatic carbocycles. The summed E-state index contributed by atoms with van der Waals surface area (Å²) in [7, 11) is 0. The topological polar surface area (TPSA) is 94.6 Å². The van der Waals surface area contributed by atoms with E-state index in [9.17, 15) is 14.4 Å². The van der Waals surface area contributed by atoms with Crippen LogP contribution < -0.4 is 10.6 Å². The van der Waals surface area contributed by atoms with Gasteiger partial charge in [-0.15, -0.1) is 0 Å². The molecule has 4 amide bonds. The number of carbonyl (C=O) groups excluding carboxylic acids is 3. The van der Waals surface area contributed by atoms with Gasteiger partial charge in [-0.1, -0.05) is 25.1 Å². The molecular formula is C23H27N5O3. The number of hydrogen-bond donors (Lipinski definition) is 2. The van der Waals surface area contributed by atoms with Gasteiger partial charge in [0.15, 0.2) is 0 Å². The average molecular weight is 422 g/mol. The number of urea groups is 1. The van der Waals surface area contributed by atoms with E-state index < -0.39 is 12.1 Å². The lowest BCUT2D eigenvalue weighted by atomic mass is 9.93. The van der Waals surface area contributed by atoms with Crippen LogP contribution in [-0.4, -0.2) is 57.8 Å². The molecule has 2 fully saturated rings. The maximum absolute atomic E-state index is 13.3. The van der Waals surface area contributed by atoms with Crippen molar-refractivity contribution >= 4 is 23.5 Å². The lowest BCUT2D eigenvalue weighted by Crippen LogP contribution is -2.70. The number of nitrogens with zero attached hydrogens (tertiary/aromatic N) is 3. The average Bonchev–Trinajstić information content (AvgIpc) is 2.80. The zero-order valence-corrected chi connectivity index (χ0v) is 17.6. The number of benzene rings is 1. The Balaban J connectivity index is 1.53. The highest BCUT2D eigenvalue weighted by molar-refractivity contribution is 6.02. The summed E-state index contributed by atoms with van der Waals surface area (Å²) in [5.41, 5.74) is 2.45. The smallest absolute Gasteiger partial charge is 0.325 e. The number of aromatic nitrogens is 1. The van der Waals surface area contributed by atoms with Crippen molar-refractivity contribution in [1.82, 2.24) is 20.1 Å². The molecule has 2 saturated heterocycles. The van der Waals surface area contributed by atoms with Crippen molar-refractivity contribution in [2.75, 3.05) is 18.4 Å². The largest absolute Gasteiger partial charge is 0.327 e. The number of hydrogen-bond acceptors (Lipinski definition) is 5. The van der Waals surface area contributed by atoms with Gasteiger partial charge >= 0.3 is 6.03 Å². The monoisotopic (exact) mass is 421 g/mol. The first-order chi connectivity index (χ1) is 15.1. The number of amides is 4. The Labute approximate surface area is 181 Å². The Morgan fingerprint density at radius 3 is 2.87 bits per heavy atom. The Bertz CT molecular complexity index is 965. The SMILES string of the molecule is CCc1cccc(NC(=O)CN2C(=O)N(Cc3ccccn3)C(=O)C3NCCCC32)c1. The maximum atomic E-state index is 13.3. The summed E-state index contributed by atoms with van der Waals surface area (Å²) in [6, 6.07) is 11.8. The number of nitrogens with one attached hydrogen (secondary N) is 2. The van der Waals surface area contributed by atoms with Crippen LogP contribution in [0.1, 0.15) is 31.0 Å². The van der Waals surface area contributed by atoms with Gasteiger partial charge in [-0.25, -0.2) is 4.79 Å². The summed E-state index contributed by atoms with van der Waals surface area (Å²) < 4.78 is 0. The first-order valence-corrected chi connectivity index (χ1v) is 10.7. The lowest BCUT2D eigenvalue weighted by Gasteiger charge is -2.46. The van der Waals surface area contributed by atoms with Crippen LogP contribution in [0.4, 0.5) is 10.5 Å². The van der Waals surface area contributed by atoms with E-state index in [2.05, 4.69) is 22.5 Å². The molecule has 162 valence electrons. The third-order valence-corrected chi connectivity index (χ3v) is 5.81. The molecule has 31 heavy (non-hydrogen) atoms. The third kappa shape index (κ3) is 4.59. The van der Waals surface area contributed by atoms with Gasteiger partial charge in [0.2, 0.25) is 11.8 Å². The van der Waals surface area contributed by atoms with Crippen molar-refractivity contribution in [2.45, 2.75) is 44.8 Å². The van der Waals surface area contributed by atoms with E-state index in [1.54, 1.807) is 18.3 Å². The minimum absolute atomic E-state index is 0.0834. The van der Waals surface area contributed by atoms with Crippen LogP contribution in [0, 0.1) is 0 Å². The van der Waals surface area contributed by atoms with Gasteiger partial charge in [-0.05, 0) is 55.6 Å². The molecule has 8 heteroatoms. The summed E-state index contributed by atoms with van der Waals surface area (Å²) >= 11 is 0. The summed E-state index contributed by atoms with van der Waals surface area (Å²) in [5, 5.41) is 6.12. The molecule has 2 unspecified atom stereocenters. The highest BCUT2D eigenvalue weighted by Crippen LogP contribution is 2.25. The molecule has 2 atom stereocenters. The number of anilines is 1. The summed E-state index contributed by atoms with van der Waals surface area (Å²) in [6.07, 6.45) is 4.03. The molecule has 0 radical (unpaired) electrons. The van der Waals surface area contributed by atoms with E-state index in [4.69, 9.17) is 0 Å². The van der Waals surface area contributed by atoms with Crippen molar-refractivity contribution in [3.05, 3.63) is 59.9 Å². The van der Waals surface area contributed by atoms with Gasteiger partial charge in [0.25, 0.3) is 0 Å². The Kier molecular flexibility index (Phi) is 6.27. The van der Waals surface area contributed by atoms with Crippen LogP contribution in [0.15, 0.2) is 48.7 Å². The Morgan fingerprint density at radius 1 is 1.23 bits per heavy atom. The fraction of sp³-hybridized carbons (Fsp3) is 0.391. The number of piperidine rings is 1. The number of fused-ring (bicyclic) bond motifs is 1. The van der Waals surface area contributed by atoms with E-state index in [-0.39, 0.29) is 30.9 Å². The number of carbonyl (C=O) groups is 3. The number of rotatable bonds is 6. The molecule has 0 bridgehead atoms. The molecule has 2 N–H and O–H groups in total. The van der Waals surface area contributed by atoms with Crippen molar-refractivity contribution < 1.29 is 14.4 Å². The van der Waals surface area contributed by atoms with Gasteiger partial charge in [-0.2, -0.15) is 0 Å². The highest BCUT2D eigenvalue weighted by atomic mass is 16.2. The van der Waals surface area contributed by atoms with Crippen LogP contribution >= 0.6 is 0 Å². The van der Waals surface area contributed by atoms with Gasteiger partial charge in [0.05, 0.1) is 18.3 Å². The fourth-order valence-electron chi connectivity index (χ4n) is 4.23. The predicted molar refractivity (Wildman–Crippen MR) is 116 cm³/mol. The molecule has 0 spiro atoms. The molecule has 4 rings (SSSR count). The number of pyridine rings is 1. The molecule has 1 aromatic carbocycles. The van der Waals surface area contributed by atoms with Crippen molar-refractivity contribution in [1.29, 1.82) is 0 Å². The summed E-state index contributed by atoms with van der Waals surface area (Å²) in [5.74, 6) is -0.536. The second-order valence-corrected chi connectivity index (χ2v) is 7.90. The van der Waals surface area contributed by atoms with E-state index >= 15 is 0 Å². The quantitative estimate of drug-likeness (QED) is 0.746. The molecule has 0 saturated carbocycles. The van der Waals surface area contributed by atoms with Gasteiger partial charge < -0.3 is 15.5 Å². The number of aryl methyl sites for hydroxylation is 1.